The normalized spacial score (nSPS) is 18.4. The monoisotopic (exact) mass is 277 g/mol. The number of halogens is 1. The van der Waals surface area contributed by atoms with Crippen molar-refractivity contribution in [2.24, 2.45) is 0 Å². The Kier molecular flexibility index (Phi) is 2.29. The molecule has 0 aromatic heterocycles. The van der Waals surface area contributed by atoms with E-state index in [0.29, 0.717) is 10.2 Å². The van der Waals surface area contributed by atoms with Crippen molar-refractivity contribution in [1.29, 1.82) is 0 Å². The van der Waals surface area contributed by atoms with Crippen LogP contribution >= 0.6 is 15.9 Å². The van der Waals surface area contributed by atoms with Crippen LogP contribution in [0.25, 0.3) is 0 Å². The summed E-state index contributed by atoms with van der Waals surface area (Å²) in [6.07, 6.45) is 0. The lowest BCUT2D eigenvalue weighted by Gasteiger charge is -2.19. The second-order valence-electron chi connectivity index (χ2n) is 3.09. The Morgan fingerprint density at radius 1 is 1.50 bits per heavy atom. The molecule has 0 saturated heterocycles. The van der Waals surface area contributed by atoms with E-state index >= 15 is 0 Å². The number of aryl methyl sites for hydroxylation is 1. The minimum absolute atomic E-state index is 0.276. The van der Waals surface area contributed by atoms with Gasteiger partial charge in [0.1, 0.15) is 0 Å². The van der Waals surface area contributed by atoms with Crippen molar-refractivity contribution in [3.05, 3.63) is 27.7 Å². The predicted molar refractivity (Wildman–Crippen MR) is 55.3 cm³/mol. The number of hydrogen-bond acceptors (Lipinski definition) is 3. The van der Waals surface area contributed by atoms with Crippen molar-refractivity contribution in [3.63, 3.8) is 0 Å². The van der Waals surface area contributed by atoms with Crippen LogP contribution in [0, 0.1) is 6.92 Å². The van der Waals surface area contributed by atoms with Crippen molar-refractivity contribution in [2.75, 3.05) is 0 Å². The van der Waals surface area contributed by atoms with Gasteiger partial charge in [0.15, 0.2) is 5.75 Å². The minimum Gasteiger partial charge on any atom is -0.369 e. The summed E-state index contributed by atoms with van der Waals surface area (Å²) in [7, 11) is -3.61. The molecule has 1 aliphatic heterocycles. The molecule has 0 atom stereocenters. The first-order valence-corrected chi connectivity index (χ1v) is 6.16. The number of fused-ring (bicyclic) bond motifs is 1. The van der Waals surface area contributed by atoms with E-state index in [1.165, 1.54) is 0 Å². The zero-order chi connectivity index (χ0) is 10.3. The van der Waals surface area contributed by atoms with E-state index < -0.39 is 10.3 Å². The highest BCUT2D eigenvalue weighted by Crippen LogP contribution is 2.33. The molecule has 1 aromatic rings. The summed E-state index contributed by atoms with van der Waals surface area (Å²) in [5.41, 5.74) is 1.90. The largest absolute Gasteiger partial charge is 0.382 e. The van der Waals surface area contributed by atoms with Crippen LogP contribution in [0.3, 0.4) is 0 Å². The van der Waals surface area contributed by atoms with Crippen LogP contribution in [0.1, 0.15) is 11.1 Å². The molecule has 0 fully saturated rings. The summed E-state index contributed by atoms with van der Waals surface area (Å²) >= 11 is 3.27. The topological polar surface area (TPSA) is 55.4 Å². The van der Waals surface area contributed by atoms with Gasteiger partial charge in [0.2, 0.25) is 0 Å². The molecule has 0 bridgehead atoms. The van der Waals surface area contributed by atoms with Gasteiger partial charge in [-0.05, 0) is 34.5 Å². The highest BCUT2D eigenvalue weighted by atomic mass is 79.9. The zero-order valence-corrected chi connectivity index (χ0v) is 9.78. The maximum Gasteiger partial charge on any atom is 0.382 e. The Bertz CT molecular complexity index is 484. The van der Waals surface area contributed by atoms with E-state index in [9.17, 15) is 8.42 Å². The second kappa shape index (κ2) is 3.22. The molecule has 76 valence electrons. The molecule has 0 amide bonds. The number of rotatable bonds is 0. The van der Waals surface area contributed by atoms with E-state index in [0.717, 1.165) is 11.1 Å². The van der Waals surface area contributed by atoms with Gasteiger partial charge in [0, 0.05) is 12.1 Å². The van der Waals surface area contributed by atoms with Gasteiger partial charge >= 0.3 is 10.3 Å². The van der Waals surface area contributed by atoms with Gasteiger partial charge in [-0.3, -0.25) is 0 Å². The molecule has 1 N–H and O–H groups in total. The first kappa shape index (κ1) is 9.95. The van der Waals surface area contributed by atoms with Gasteiger partial charge < -0.3 is 4.18 Å². The summed E-state index contributed by atoms with van der Waals surface area (Å²) in [6, 6.07) is 3.71. The van der Waals surface area contributed by atoms with Gasteiger partial charge in [-0.2, -0.15) is 13.1 Å². The summed E-state index contributed by atoms with van der Waals surface area (Å²) in [5, 5.41) is 0. The Morgan fingerprint density at radius 3 is 2.93 bits per heavy atom. The third-order valence-electron chi connectivity index (χ3n) is 1.90. The van der Waals surface area contributed by atoms with Gasteiger partial charge in [0.25, 0.3) is 0 Å². The second-order valence-corrected chi connectivity index (χ2v) is 5.31. The molecule has 0 spiro atoms. The standard InChI is InChI=1S/C8H8BrNO3S/c1-5-2-6-4-10-14(11,12)13-8(6)7(9)3-5/h2-3,10H,4H2,1H3. The summed E-state index contributed by atoms with van der Waals surface area (Å²) in [6.45, 7) is 2.21. The average molecular weight is 278 g/mol. The fourth-order valence-corrected chi connectivity index (χ4v) is 2.94. The van der Waals surface area contributed by atoms with Gasteiger partial charge in [-0.25, -0.2) is 0 Å². The summed E-state index contributed by atoms with van der Waals surface area (Å²) in [5.74, 6) is 0.384. The molecule has 1 aromatic carbocycles. The first-order chi connectivity index (χ1) is 6.48. The molecular weight excluding hydrogens is 270 g/mol. The summed E-state index contributed by atoms with van der Waals surface area (Å²) in [4.78, 5) is 0. The first-order valence-electron chi connectivity index (χ1n) is 3.96. The Balaban J connectivity index is 2.58. The zero-order valence-electron chi connectivity index (χ0n) is 7.37. The van der Waals surface area contributed by atoms with Crippen molar-refractivity contribution >= 4 is 26.2 Å². The lowest BCUT2D eigenvalue weighted by atomic mass is 10.1. The molecule has 1 aliphatic rings. The van der Waals surface area contributed by atoms with Crippen molar-refractivity contribution in [2.45, 2.75) is 13.5 Å². The highest BCUT2D eigenvalue weighted by Gasteiger charge is 2.23. The van der Waals surface area contributed by atoms with Crippen LogP contribution in [0.2, 0.25) is 0 Å². The minimum atomic E-state index is -3.61. The van der Waals surface area contributed by atoms with Crippen molar-refractivity contribution < 1.29 is 12.6 Å². The molecular formula is C8H8BrNO3S. The quantitative estimate of drug-likeness (QED) is 0.782. The maximum absolute atomic E-state index is 11.1. The van der Waals surface area contributed by atoms with Gasteiger partial charge in [-0.15, -0.1) is 0 Å². The van der Waals surface area contributed by atoms with Crippen molar-refractivity contribution in [3.8, 4) is 5.75 Å². The molecule has 6 heteroatoms. The summed E-state index contributed by atoms with van der Waals surface area (Å²) < 4.78 is 30.0. The lowest BCUT2D eigenvalue weighted by Crippen LogP contribution is -2.32. The van der Waals surface area contributed by atoms with E-state index in [-0.39, 0.29) is 6.54 Å². The predicted octanol–water partition coefficient (Wildman–Crippen LogP) is 1.48. The fraction of sp³-hybridized carbons (Fsp3) is 0.250. The van der Waals surface area contributed by atoms with Crippen LogP contribution in [-0.2, 0) is 16.8 Å². The van der Waals surface area contributed by atoms with E-state index in [4.69, 9.17) is 4.18 Å². The molecule has 0 aliphatic carbocycles. The third kappa shape index (κ3) is 1.77. The Labute approximate surface area is 90.7 Å². The molecule has 14 heavy (non-hydrogen) atoms. The van der Waals surface area contributed by atoms with Gasteiger partial charge in [-0.1, -0.05) is 6.07 Å². The van der Waals surface area contributed by atoms with Crippen molar-refractivity contribution in [1.82, 2.24) is 4.72 Å². The van der Waals surface area contributed by atoms with Crippen LogP contribution in [0.4, 0.5) is 0 Å². The smallest absolute Gasteiger partial charge is 0.369 e. The highest BCUT2D eigenvalue weighted by molar-refractivity contribution is 9.10. The van der Waals surface area contributed by atoms with Crippen LogP contribution < -0.4 is 8.91 Å². The third-order valence-corrected chi connectivity index (χ3v) is 3.37. The molecule has 0 unspecified atom stereocenters. The van der Waals surface area contributed by atoms with E-state index in [1.807, 2.05) is 19.1 Å². The molecule has 0 radical (unpaired) electrons. The molecule has 0 saturated carbocycles. The maximum atomic E-state index is 11.1. The number of nitrogens with one attached hydrogen (secondary N) is 1. The van der Waals surface area contributed by atoms with E-state index in [1.54, 1.807) is 0 Å². The van der Waals surface area contributed by atoms with Gasteiger partial charge in [0.05, 0.1) is 4.47 Å². The van der Waals surface area contributed by atoms with Crippen LogP contribution in [-0.4, -0.2) is 8.42 Å². The number of hydrogen-bond donors (Lipinski definition) is 1. The average Bonchev–Trinajstić information content (AvgIpc) is 2.06. The molecule has 4 nitrogen and oxygen atoms in total. The Hall–Kier alpha value is -0.590. The van der Waals surface area contributed by atoms with Crippen LogP contribution in [0.5, 0.6) is 5.75 Å². The SMILES string of the molecule is Cc1cc(Br)c2c(c1)CNS(=O)(=O)O2. The van der Waals surface area contributed by atoms with Crippen LogP contribution in [0.15, 0.2) is 16.6 Å². The number of benzene rings is 1. The fourth-order valence-electron chi connectivity index (χ4n) is 1.33. The Morgan fingerprint density at radius 2 is 2.21 bits per heavy atom. The van der Waals surface area contributed by atoms with E-state index in [2.05, 4.69) is 20.7 Å². The molecule has 1 heterocycles. The lowest BCUT2D eigenvalue weighted by molar-refractivity contribution is 0.452. The molecule has 2 rings (SSSR count).